The van der Waals surface area contributed by atoms with Gasteiger partial charge in [-0.05, 0) is 57.6 Å². The van der Waals surface area contributed by atoms with Gasteiger partial charge in [0.25, 0.3) is 5.91 Å². The van der Waals surface area contributed by atoms with Gasteiger partial charge in [-0.1, -0.05) is 6.92 Å². The van der Waals surface area contributed by atoms with Crippen molar-refractivity contribution in [2.75, 3.05) is 12.4 Å². The number of carboxylic acid groups (broad SMARTS) is 1. The van der Waals surface area contributed by atoms with Crippen LogP contribution < -0.4 is 10.6 Å². The van der Waals surface area contributed by atoms with Crippen molar-refractivity contribution >= 4 is 33.9 Å². The van der Waals surface area contributed by atoms with Gasteiger partial charge in [0.15, 0.2) is 6.04 Å². The number of aliphatic imine (C=N–C) groups is 1. The number of rotatable bonds is 8. The molecule has 1 unspecified atom stereocenters. The van der Waals surface area contributed by atoms with Gasteiger partial charge < -0.3 is 25.6 Å². The number of aliphatic carboxylic acids is 1. The van der Waals surface area contributed by atoms with E-state index >= 15 is 0 Å². The molecule has 2 bridgehead atoms. The maximum Gasteiger partial charge on any atom is 0.408 e. The minimum Gasteiger partial charge on any atom is -0.480 e. The van der Waals surface area contributed by atoms with Gasteiger partial charge in [0.05, 0.1) is 11.7 Å². The van der Waals surface area contributed by atoms with E-state index in [9.17, 15) is 14.4 Å². The van der Waals surface area contributed by atoms with E-state index < -0.39 is 47.1 Å². The Hall–Kier alpha value is -2.07. The van der Waals surface area contributed by atoms with Crippen molar-refractivity contribution < 1.29 is 29.3 Å². The van der Waals surface area contributed by atoms with Gasteiger partial charge in [-0.15, -0.1) is 0 Å². The molecule has 4 aliphatic rings. The van der Waals surface area contributed by atoms with E-state index in [1.165, 1.54) is 0 Å². The van der Waals surface area contributed by atoms with Crippen LogP contribution >= 0.6 is 10.9 Å². The van der Waals surface area contributed by atoms with Crippen LogP contribution in [0.25, 0.3) is 0 Å². The number of nitrogens with one attached hydrogen (secondary N) is 2. The lowest BCUT2D eigenvalue weighted by atomic mass is 9.39. The minimum atomic E-state index is -1.36. The predicted molar refractivity (Wildman–Crippen MR) is 115 cm³/mol. The molecule has 1 aliphatic heterocycles. The smallest absolute Gasteiger partial charge is 0.408 e. The molecule has 168 valence electrons. The molecule has 0 aromatic carbocycles. The molecule has 0 saturated heterocycles. The zero-order chi connectivity index (χ0) is 22.3. The molecule has 1 heterocycles. The van der Waals surface area contributed by atoms with Crippen LogP contribution in [0.2, 0.25) is 0 Å². The number of amides is 2. The quantitative estimate of drug-likeness (QED) is 0.363. The van der Waals surface area contributed by atoms with Crippen molar-refractivity contribution in [3.63, 3.8) is 0 Å². The molecule has 3 saturated carbocycles. The molecule has 3 aliphatic carbocycles. The highest BCUT2D eigenvalue weighted by atomic mass is 32.2. The second-order valence-electron chi connectivity index (χ2n) is 9.41. The molecule has 9 nitrogen and oxygen atoms in total. The van der Waals surface area contributed by atoms with Crippen molar-refractivity contribution in [1.29, 1.82) is 0 Å². The number of hydrogen-bond acceptors (Lipinski definition) is 6. The number of carbonyl (C=O) groups excluding carboxylic acids is 2. The van der Waals surface area contributed by atoms with Crippen LogP contribution in [-0.4, -0.2) is 62.8 Å². The van der Waals surface area contributed by atoms with Crippen LogP contribution in [0.5, 0.6) is 0 Å². The Bertz CT molecular complexity index is 796. The summed E-state index contributed by atoms with van der Waals surface area (Å²) in [6.07, 6.45) is 2.86. The van der Waals surface area contributed by atoms with Crippen molar-refractivity contribution in [2.24, 2.45) is 10.4 Å². The number of hydrogen-bond donors (Lipinski definition) is 5. The van der Waals surface area contributed by atoms with Gasteiger partial charge in [0, 0.05) is 11.0 Å². The van der Waals surface area contributed by atoms with E-state index in [1.807, 2.05) is 26.2 Å². The third kappa shape index (κ3) is 4.34. The normalized spacial score (nSPS) is 31.4. The SMILES string of the molecule is CCC[SH]1C=C(C(=O)N[C@@H](CO)C(=O)O)N=C1C12CC(NC(=O)OC(C)(C)C)(C1)C2. The van der Waals surface area contributed by atoms with Crippen LogP contribution in [0.1, 0.15) is 53.4 Å². The third-order valence-electron chi connectivity index (χ3n) is 5.53. The fourth-order valence-corrected chi connectivity index (χ4v) is 6.95. The molecule has 30 heavy (non-hydrogen) atoms. The Morgan fingerprint density at radius 1 is 1.30 bits per heavy atom. The van der Waals surface area contributed by atoms with Crippen LogP contribution in [0.15, 0.2) is 16.1 Å². The van der Waals surface area contributed by atoms with E-state index in [1.54, 1.807) is 0 Å². The lowest BCUT2D eigenvalue weighted by Gasteiger charge is -2.70. The summed E-state index contributed by atoms with van der Waals surface area (Å²) in [5.41, 5.74) is -0.681. The second kappa shape index (κ2) is 7.88. The Labute approximate surface area is 178 Å². The van der Waals surface area contributed by atoms with Gasteiger partial charge in [-0.25, -0.2) is 14.6 Å². The zero-order valence-electron chi connectivity index (χ0n) is 17.8. The summed E-state index contributed by atoms with van der Waals surface area (Å²) in [6.45, 7) is 6.87. The van der Waals surface area contributed by atoms with Gasteiger partial charge in [0.1, 0.15) is 11.3 Å². The summed E-state index contributed by atoms with van der Waals surface area (Å²) in [6, 6.07) is -1.36. The van der Waals surface area contributed by atoms with Crippen molar-refractivity contribution in [1.82, 2.24) is 10.6 Å². The summed E-state index contributed by atoms with van der Waals surface area (Å²) >= 11 is 0. The Morgan fingerprint density at radius 3 is 2.43 bits per heavy atom. The third-order valence-corrected chi connectivity index (χ3v) is 8.13. The monoisotopic (exact) mass is 441 g/mol. The maximum absolute atomic E-state index is 12.5. The molecule has 4 rings (SSSR count). The average molecular weight is 442 g/mol. The Morgan fingerprint density at radius 2 is 1.93 bits per heavy atom. The molecule has 2 atom stereocenters. The van der Waals surface area contributed by atoms with Crippen molar-refractivity contribution in [3.8, 4) is 0 Å². The molecule has 10 heteroatoms. The van der Waals surface area contributed by atoms with Crippen molar-refractivity contribution in [2.45, 2.75) is 70.6 Å². The number of nitrogens with zero attached hydrogens (tertiary/aromatic N) is 1. The fraction of sp³-hybridized carbons (Fsp3) is 0.700. The number of ether oxygens (including phenoxy) is 1. The van der Waals surface area contributed by atoms with Crippen LogP contribution in [-0.2, 0) is 14.3 Å². The van der Waals surface area contributed by atoms with E-state index in [4.69, 9.17) is 14.9 Å². The number of carbonyl (C=O) groups is 3. The molecule has 0 radical (unpaired) electrons. The summed E-state index contributed by atoms with van der Waals surface area (Å²) in [5, 5.41) is 26.3. The molecule has 4 N–H and O–H groups in total. The molecule has 3 fully saturated rings. The first-order valence-electron chi connectivity index (χ1n) is 10.2. The molecule has 0 aromatic rings. The van der Waals surface area contributed by atoms with Crippen molar-refractivity contribution in [3.05, 3.63) is 11.1 Å². The maximum atomic E-state index is 12.5. The minimum absolute atomic E-state index is 0.0996. The highest BCUT2D eigenvalue weighted by Gasteiger charge is 2.71. The summed E-state index contributed by atoms with van der Waals surface area (Å²) < 4.78 is 5.36. The lowest BCUT2D eigenvalue weighted by molar-refractivity contribution is -0.142. The molecule has 0 spiro atoms. The largest absolute Gasteiger partial charge is 0.480 e. The summed E-state index contributed by atoms with van der Waals surface area (Å²) in [5.74, 6) is -0.969. The molecule has 0 aromatic heterocycles. The highest BCUT2D eigenvalue weighted by Crippen LogP contribution is 2.71. The van der Waals surface area contributed by atoms with Gasteiger partial charge >= 0.3 is 12.1 Å². The Kier molecular flexibility index (Phi) is 5.94. The molecular formula is C20H31N3O6S. The Balaban J connectivity index is 1.65. The predicted octanol–water partition coefficient (Wildman–Crippen LogP) is 1.66. The van der Waals surface area contributed by atoms with E-state index in [0.717, 1.165) is 36.5 Å². The average Bonchev–Trinajstić information content (AvgIpc) is 2.96. The van der Waals surface area contributed by atoms with E-state index in [-0.39, 0.29) is 16.7 Å². The highest BCUT2D eigenvalue weighted by molar-refractivity contribution is 8.32. The standard InChI is InChI=1S/C20H31N3O6S/c1-5-6-30-8-13(14(25)21-12(7-24)15(26)27)22-16(30)19-9-20(10-19,11-19)23-17(28)29-18(2,3)4/h8,12,24,30H,5-7,9-11H2,1-4H3,(H,21,25)(H,23,28)(H,26,27)/t12-,19?,20?/m0/s1. The van der Waals surface area contributed by atoms with Crippen LogP contribution in [0.4, 0.5) is 4.79 Å². The fourth-order valence-electron chi connectivity index (χ4n) is 4.46. The number of thiol groups is 1. The van der Waals surface area contributed by atoms with Crippen LogP contribution in [0.3, 0.4) is 0 Å². The number of aliphatic hydroxyl groups excluding tert-OH is 1. The summed E-state index contributed by atoms with van der Waals surface area (Å²) in [4.78, 5) is 40.3. The number of alkyl carbamates (subject to hydrolysis) is 1. The number of carboxylic acids is 1. The summed E-state index contributed by atoms with van der Waals surface area (Å²) in [7, 11) is -0.721. The zero-order valence-corrected chi connectivity index (χ0v) is 18.7. The van der Waals surface area contributed by atoms with Gasteiger partial charge in [0.2, 0.25) is 0 Å². The van der Waals surface area contributed by atoms with Crippen LogP contribution in [0, 0.1) is 5.41 Å². The first kappa shape index (κ1) is 22.6. The van der Waals surface area contributed by atoms with Gasteiger partial charge in [-0.3, -0.25) is 4.79 Å². The molecular weight excluding hydrogens is 410 g/mol. The lowest BCUT2D eigenvalue weighted by Crippen LogP contribution is -2.77. The first-order valence-corrected chi connectivity index (χ1v) is 11.8. The van der Waals surface area contributed by atoms with E-state index in [0.29, 0.717) is 0 Å². The first-order chi connectivity index (χ1) is 13.9. The van der Waals surface area contributed by atoms with Gasteiger partial charge in [-0.2, -0.15) is 10.9 Å². The topological polar surface area (TPSA) is 137 Å². The second-order valence-corrected chi connectivity index (χ2v) is 11.5. The molecule has 2 amide bonds. The van der Waals surface area contributed by atoms with E-state index in [2.05, 4.69) is 22.5 Å². The number of aliphatic hydroxyl groups is 1.